The lowest BCUT2D eigenvalue weighted by Crippen LogP contribution is -2.07. The van der Waals surface area contributed by atoms with Gasteiger partial charge in [-0.1, -0.05) is 0 Å². The van der Waals surface area contributed by atoms with Gasteiger partial charge in [0.15, 0.2) is 0 Å². The number of hydrogen-bond donors (Lipinski definition) is 0. The Hall–Kier alpha value is -1.12. The molecule has 0 unspecified atom stereocenters. The molecule has 0 atom stereocenters. The molecule has 54 valence electrons. The number of hydrogen-bond acceptors (Lipinski definition) is 3. The first-order valence-electron chi connectivity index (χ1n) is 3.20. The molecule has 1 aliphatic rings. The number of carbonyl (C=O) groups is 1. The van der Waals surface area contributed by atoms with Gasteiger partial charge < -0.3 is 4.74 Å². The van der Waals surface area contributed by atoms with Crippen LogP contribution in [0.4, 0.5) is 0 Å². The fourth-order valence-corrected chi connectivity index (χ4v) is 0.703. The van der Waals surface area contributed by atoms with Gasteiger partial charge in [-0.25, -0.2) is 4.79 Å². The molecule has 0 spiro atoms. The molecule has 0 radical (unpaired) electrons. The van der Waals surface area contributed by atoms with Gasteiger partial charge in [0, 0.05) is 6.21 Å². The highest BCUT2D eigenvalue weighted by atomic mass is 16.5. The number of allylic oxidation sites excluding steroid dienone is 1. The van der Waals surface area contributed by atoms with Crippen LogP contribution in [0.2, 0.25) is 0 Å². The molecule has 0 bridgehead atoms. The topological polar surface area (TPSA) is 38.7 Å². The molecule has 1 aliphatic heterocycles. The summed E-state index contributed by atoms with van der Waals surface area (Å²) in [6.45, 7) is 2.68. The summed E-state index contributed by atoms with van der Waals surface area (Å²) in [7, 11) is 0. The average Bonchev–Trinajstić information content (AvgIpc) is 2.38. The predicted molar refractivity (Wildman–Crippen MR) is 38.1 cm³/mol. The molecule has 0 fully saturated rings. The van der Waals surface area contributed by atoms with Crippen molar-refractivity contribution in [3.63, 3.8) is 0 Å². The highest BCUT2D eigenvalue weighted by molar-refractivity contribution is 5.96. The van der Waals surface area contributed by atoms with Crippen molar-refractivity contribution >= 4 is 12.2 Å². The van der Waals surface area contributed by atoms with Crippen molar-refractivity contribution < 1.29 is 9.53 Å². The number of esters is 1. The molecule has 0 aromatic heterocycles. The second-order valence-electron chi connectivity index (χ2n) is 1.90. The average molecular weight is 139 g/mol. The van der Waals surface area contributed by atoms with Gasteiger partial charge in [-0.05, 0) is 13.0 Å². The quantitative estimate of drug-likeness (QED) is 0.524. The molecule has 10 heavy (non-hydrogen) atoms. The van der Waals surface area contributed by atoms with E-state index in [0.717, 1.165) is 0 Å². The fraction of sp³-hybridized carbons (Fsp3) is 0.429. The number of aliphatic imine (C=N–C) groups is 1. The van der Waals surface area contributed by atoms with Crippen LogP contribution in [-0.2, 0) is 9.53 Å². The Labute approximate surface area is 59.4 Å². The lowest BCUT2D eigenvalue weighted by atomic mass is 10.3. The Bertz CT molecular complexity index is 194. The summed E-state index contributed by atoms with van der Waals surface area (Å²) in [5.41, 5.74) is 0.641. The molecule has 3 heteroatoms. The molecule has 0 N–H and O–H groups in total. The number of rotatable bonds is 2. The van der Waals surface area contributed by atoms with E-state index >= 15 is 0 Å². The minimum Gasteiger partial charge on any atom is -0.463 e. The number of nitrogens with zero attached hydrogens (tertiary/aromatic N) is 1. The van der Waals surface area contributed by atoms with Gasteiger partial charge >= 0.3 is 5.97 Å². The van der Waals surface area contributed by atoms with Crippen molar-refractivity contribution in [1.29, 1.82) is 0 Å². The van der Waals surface area contributed by atoms with Crippen molar-refractivity contribution in [3.8, 4) is 0 Å². The predicted octanol–water partition coefficient (Wildman–Crippen LogP) is 0.560. The van der Waals surface area contributed by atoms with Crippen LogP contribution in [0.15, 0.2) is 16.6 Å². The van der Waals surface area contributed by atoms with Crippen molar-refractivity contribution in [3.05, 3.63) is 11.6 Å². The zero-order valence-electron chi connectivity index (χ0n) is 5.83. The fourth-order valence-electron chi connectivity index (χ4n) is 0.703. The molecule has 0 aromatic carbocycles. The van der Waals surface area contributed by atoms with Gasteiger partial charge in [-0.3, -0.25) is 4.99 Å². The van der Waals surface area contributed by atoms with Gasteiger partial charge in [0.2, 0.25) is 0 Å². The van der Waals surface area contributed by atoms with Crippen molar-refractivity contribution in [1.82, 2.24) is 0 Å². The second-order valence-corrected chi connectivity index (χ2v) is 1.90. The van der Waals surface area contributed by atoms with Crippen LogP contribution in [0.1, 0.15) is 6.92 Å². The van der Waals surface area contributed by atoms with E-state index in [1.807, 2.05) is 0 Å². The summed E-state index contributed by atoms with van der Waals surface area (Å²) in [6.07, 6.45) is 3.30. The number of ether oxygens (including phenoxy) is 1. The van der Waals surface area contributed by atoms with Crippen LogP contribution in [0.25, 0.3) is 0 Å². The SMILES string of the molecule is CCOC(=O)C1=CC=NC1. The standard InChI is InChI=1S/C7H9NO2/c1-2-10-7(9)6-3-4-8-5-6/h3-4H,2,5H2,1H3. The molecular formula is C7H9NO2. The van der Waals surface area contributed by atoms with Crippen LogP contribution in [0.5, 0.6) is 0 Å². The monoisotopic (exact) mass is 139 g/mol. The summed E-state index contributed by atoms with van der Waals surface area (Å²) in [5, 5.41) is 0. The first-order valence-corrected chi connectivity index (χ1v) is 3.20. The van der Waals surface area contributed by atoms with E-state index in [9.17, 15) is 4.79 Å². The van der Waals surface area contributed by atoms with Crippen LogP contribution >= 0.6 is 0 Å². The van der Waals surface area contributed by atoms with E-state index in [1.54, 1.807) is 19.2 Å². The third-order valence-electron chi connectivity index (χ3n) is 1.18. The molecule has 0 aliphatic carbocycles. The molecule has 3 nitrogen and oxygen atoms in total. The smallest absolute Gasteiger partial charge is 0.335 e. The number of carbonyl (C=O) groups excluding carboxylic acids is 1. The first kappa shape index (κ1) is 6.99. The van der Waals surface area contributed by atoms with Gasteiger partial charge in [-0.2, -0.15) is 0 Å². The van der Waals surface area contributed by atoms with Crippen LogP contribution in [0, 0.1) is 0 Å². The normalized spacial score (nSPS) is 15.1. The van der Waals surface area contributed by atoms with E-state index in [1.165, 1.54) is 0 Å². The Morgan fingerprint density at radius 1 is 1.90 bits per heavy atom. The summed E-state index contributed by atoms with van der Waals surface area (Å²) in [6, 6.07) is 0. The zero-order valence-corrected chi connectivity index (χ0v) is 5.83. The lowest BCUT2D eigenvalue weighted by molar-refractivity contribution is -0.138. The van der Waals surface area contributed by atoms with Gasteiger partial charge in [-0.15, -0.1) is 0 Å². The Kier molecular flexibility index (Phi) is 2.20. The van der Waals surface area contributed by atoms with Gasteiger partial charge in [0.05, 0.1) is 18.7 Å². The molecule has 1 heterocycles. The van der Waals surface area contributed by atoms with E-state index in [4.69, 9.17) is 4.74 Å². The summed E-state index contributed by atoms with van der Waals surface area (Å²) in [5.74, 6) is -0.250. The first-order chi connectivity index (χ1) is 4.84. The highest BCUT2D eigenvalue weighted by Gasteiger charge is 2.10. The van der Waals surface area contributed by atoms with E-state index in [2.05, 4.69) is 4.99 Å². The van der Waals surface area contributed by atoms with E-state index in [0.29, 0.717) is 18.7 Å². The lowest BCUT2D eigenvalue weighted by Gasteiger charge is -1.99. The minimum atomic E-state index is -0.250. The minimum absolute atomic E-state index is 0.250. The van der Waals surface area contributed by atoms with Crippen molar-refractivity contribution in [2.45, 2.75) is 6.92 Å². The summed E-state index contributed by atoms with van der Waals surface area (Å²) in [4.78, 5) is 14.7. The summed E-state index contributed by atoms with van der Waals surface area (Å²) >= 11 is 0. The van der Waals surface area contributed by atoms with Crippen molar-refractivity contribution in [2.24, 2.45) is 4.99 Å². The van der Waals surface area contributed by atoms with Crippen molar-refractivity contribution in [2.75, 3.05) is 13.2 Å². The van der Waals surface area contributed by atoms with Gasteiger partial charge in [0.25, 0.3) is 0 Å². The van der Waals surface area contributed by atoms with Gasteiger partial charge in [0.1, 0.15) is 0 Å². The van der Waals surface area contributed by atoms with Crippen LogP contribution < -0.4 is 0 Å². The third-order valence-corrected chi connectivity index (χ3v) is 1.18. The maximum absolute atomic E-state index is 10.9. The maximum atomic E-state index is 10.9. The van der Waals surface area contributed by atoms with E-state index in [-0.39, 0.29) is 5.97 Å². The van der Waals surface area contributed by atoms with Crippen LogP contribution in [-0.4, -0.2) is 25.3 Å². The summed E-state index contributed by atoms with van der Waals surface area (Å²) < 4.78 is 4.74. The molecule has 0 amide bonds. The third kappa shape index (κ3) is 1.43. The largest absolute Gasteiger partial charge is 0.463 e. The molecule has 0 saturated carbocycles. The molecular weight excluding hydrogens is 130 g/mol. The Morgan fingerprint density at radius 3 is 3.20 bits per heavy atom. The Balaban J connectivity index is 2.43. The highest BCUT2D eigenvalue weighted by Crippen LogP contribution is 2.02. The second kappa shape index (κ2) is 3.15. The molecule has 0 aromatic rings. The molecule has 1 rings (SSSR count). The zero-order chi connectivity index (χ0) is 7.40. The Morgan fingerprint density at radius 2 is 2.70 bits per heavy atom. The van der Waals surface area contributed by atoms with Crippen LogP contribution in [0.3, 0.4) is 0 Å². The molecule has 0 saturated heterocycles. The maximum Gasteiger partial charge on any atom is 0.335 e. The van der Waals surface area contributed by atoms with E-state index < -0.39 is 0 Å².